The molecule has 1 aromatic heterocycles. The molecule has 0 aliphatic carbocycles. The molecule has 0 spiro atoms. The lowest BCUT2D eigenvalue weighted by Gasteiger charge is -2.09. The molecule has 4 nitrogen and oxygen atoms in total. The third-order valence-electron chi connectivity index (χ3n) is 2.40. The number of carboxylic acids is 1. The summed E-state index contributed by atoms with van der Waals surface area (Å²) in [6.45, 7) is 0. The molecule has 0 saturated carbocycles. The number of carbonyl (C=O) groups is 2. The number of thiophene rings is 1. The molecular weight excluding hydrogens is 469 g/mol. The monoisotopic (exact) mass is 471 g/mol. The van der Waals surface area contributed by atoms with Gasteiger partial charge in [-0.25, -0.2) is 4.79 Å². The van der Waals surface area contributed by atoms with E-state index in [4.69, 9.17) is 28.3 Å². The molecule has 0 aliphatic rings. The number of aromatic carboxylic acids is 1. The van der Waals surface area contributed by atoms with E-state index in [2.05, 4.69) is 37.2 Å². The third-order valence-corrected chi connectivity index (χ3v) is 6.25. The van der Waals surface area contributed by atoms with Gasteiger partial charge in [-0.2, -0.15) is 0 Å². The van der Waals surface area contributed by atoms with Gasteiger partial charge in [0, 0.05) is 4.47 Å². The van der Waals surface area contributed by atoms with Crippen LogP contribution in [-0.4, -0.2) is 17.0 Å². The second-order valence-corrected chi connectivity index (χ2v) is 7.85. The normalized spacial score (nSPS) is 10.5. The first-order valence-electron chi connectivity index (χ1n) is 5.28. The Morgan fingerprint density at radius 2 is 1.71 bits per heavy atom. The van der Waals surface area contributed by atoms with Gasteiger partial charge < -0.3 is 10.4 Å². The summed E-state index contributed by atoms with van der Waals surface area (Å²) in [6, 6.07) is 4.11. The van der Waals surface area contributed by atoms with E-state index >= 15 is 0 Å². The smallest absolute Gasteiger partial charge is 0.335 e. The number of anilines is 1. The van der Waals surface area contributed by atoms with E-state index in [1.165, 1.54) is 23.5 Å². The highest BCUT2D eigenvalue weighted by atomic mass is 79.9. The van der Waals surface area contributed by atoms with Crippen LogP contribution in [0.15, 0.2) is 26.5 Å². The summed E-state index contributed by atoms with van der Waals surface area (Å²) in [5, 5.41) is 11.6. The minimum absolute atomic E-state index is 0.0513. The molecule has 2 N–H and O–H groups in total. The molecule has 0 atom stereocenters. The van der Waals surface area contributed by atoms with Crippen LogP contribution in [0.25, 0.3) is 0 Å². The van der Waals surface area contributed by atoms with Crippen LogP contribution in [0.4, 0.5) is 5.69 Å². The maximum absolute atomic E-state index is 12.1. The van der Waals surface area contributed by atoms with Crippen molar-refractivity contribution in [2.24, 2.45) is 0 Å². The molecule has 0 unspecified atom stereocenters. The number of benzene rings is 1. The van der Waals surface area contributed by atoms with Crippen molar-refractivity contribution in [2.45, 2.75) is 0 Å². The lowest BCUT2D eigenvalue weighted by molar-refractivity contribution is 0.0696. The van der Waals surface area contributed by atoms with Crippen LogP contribution >= 0.6 is 66.4 Å². The van der Waals surface area contributed by atoms with Crippen molar-refractivity contribution in [3.63, 3.8) is 0 Å². The maximum Gasteiger partial charge on any atom is 0.335 e. The van der Waals surface area contributed by atoms with Gasteiger partial charge in [-0.05, 0) is 50.1 Å². The molecule has 1 aromatic carbocycles. The molecule has 21 heavy (non-hydrogen) atoms. The summed E-state index contributed by atoms with van der Waals surface area (Å²) >= 11 is 19.8. The Hall–Kier alpha value is -0.600. The topological polar surface area (TPSA) is 66.4 Å². The van der Waals surface area contributed by atoms with Crippen LogP contribution in [-0.2, 0) is 0 Å². The standard InChI is InChI=1S/C12H5Br2Cl2NO3S/c13-5-3-8(21-10(5)14)11(18)17-9-6(15)1-4(12(19)20)2-7(9)16/h1-3H,(H,17,18)(H,19,20). The minimum atomic E-state index is -1.15. The fourth-order valence-electron chi connectivity index (χ4n) is 1.45. The van der Waals surface area contributed by atoms with Crippen LogP contribution in [0.1, 0.15) is 20.0 Å². The van der Waals surface area contributed by atoms with Crippen molar-refractivity contribution in [1.29, 1.82) is 0 Å². The predicted octanol–water partition coefficient (Wildman–Crippen LogP) is 5.53. The zero-order chi connectivity index (χ0) is 15.7. The van der Waals surface area contributed by atoms with Gasteiger partial charge in [-0.15, -0.1) is 11.3 Å². The van der Waals surface area contributed by atoms with Crippen molar-refractivity contribution in [2.75, 3.05) is 5.32 Å². The number of amides is 1. The Bertz CT molecular complexity index is 706. The fraction of sp³-hybridized carbons (Fsp3) is 0. The average molecular weight is 474 g/mol. The van der Waals surface area contributed by atoms with Crippen molar-refractivity contribution in [3.8, 4) is 0 Å². The Morgan fingerprint density at radius 1 is 1.14 bits per heavy atom. The highest BCUT2D eigenvalue weighted by molar-refractivity contribution is 9.13. The summed E-state index contributed by atoms with van der Waals surface area (Å²) in [5.74, 6) is -1.54. The number of carbonyl (C=O) groups excluding carboxylic acids is 1. The molecule has 0 radical (unpaired) electrons. The number of rotatable bonds is 3. The first kappa shape index (κ1) is 16.8. The van der Waals surface area contributed by atoms with Gasteiger partial charge >= 0.3 is 5.97 Å². The van der Waals surface area contributed by atoms with Gasteiger partial charge in [0.25, 0.3) is 5.91 Å². The van der Waals surface area contributed by atoms with Crippen molar-refractivity contribution in [1.82, 2.24) is 0 Å². The molecule has 0 fully saturated rings. The Labute approximate surface area is 150 Å². The van der Waals surface area contributed by atoms with Crippen LogP contribution in [0.3, 0.4) is 0 Å². The molecule has 9 heteroatoms. The van der Waals surface area contributed by atoms with Crippen molar-refractivity contribution < 1.29 is 14.7 Å². The lowest BCUT2D eigenvalue weighted by Crippen LogP contribution is -2.11. The van der Waals surface area contributed by atoms with E-state index in [1.807, 2.05) is 0 Å². The van der Waals surface area contributed by atoms with E-state index < -0.39 is 11.9 Å². The number of carboxylic acid groups (broad SMARTS) is 1. The van der Waals surface area contributed by atoms with E-state index in [0.717, 1.165) is 8.26 Å². The number of nitrogens with one attached hydrogen (secondary N) is 1. The number of halogens is 4. The lowest BCUT2D eigenvalue weighted by atomic mass is 10.2. The quantitative estimate of drug-likeness (QED) is 0.616. The Kier molecular flexibility index (Phi) is 5.32. The number of hydrogen-bond donors (Lipinski definition) is 2. The Morgan fingerprint density at radius 3 is 2.14 bits per heavy atom. The predicted molar refractivity (Wildman–Crippen MR) is 91.1 cm³/mol. The molecular formula is C12H5Br2Cl2NO3S. The zero-order valence-electron chi connectivity index (χ0n) is 9.92. The minimum Gasteiger partial charge on any atom is -0.478 e. The summed E-state index contributed by atoms with van der Waals surface area (Å²) in [6.07, 6.45) is 0. The largest absolute Gasteiger partial charge is 0.478 e. The molecule has 2 aromatic rings. The van der Waals surface area contributed by atoms with E-state index in [-0.39, 0.29) is 21.3 Å². The SMILES string of the molecule is O=C(O)c1cc(Cl)c(NC(=O)c2cc(Br)c(Br)s2)c(Cl)c1. The zero-order valence-corrected chi connectivity index (χ0v) is 15.4. The summed E-state index contributed by atoms with van der Waals surface area (Å²) in [7, 11) is 0. The molecule has 2 rings (SSSR count). The maximum atomic E-state index is 12.1. The second kappa shape index (κ2) is 6.66. The van der Waals surface area contributed by atoms with Gasteiger partial charge in [-0.3, -0.25) is 4.79 Å². The summed E-state index contributed by atoms with van der Waals surface area (Å²) < 4.78 is 1.54. The second-order valence-electron chi connectivity index (χ2n) is 3.81. The van der Waals surface area contributed by atoms with Crippen LogP contribution in [0, 0.1) is 0 Å². The average Bonchev–Trinajstić information content (AvgIpc) is 2.73. The molecule has 0 saturated heterocycles. The highest BCUT2D eigenvalue weighted by Gasteiger charge is 2.17. The van der Waals surface area contributed by atoms with E-state index in [0.29, 0.717) is 4.88 Å². The van der Waals surface area contributed by atoms with Gasteiger partial charge in [0.15, 0.2) is 0 Å². The van der Waals surface area contributed by atoms with Gasteiger partial charge in [0.2, 0.25) is 0 Å². The fourth-order valence-corrected chi connectivity index (χ4v) is 3.96. The molecule has 1 heterocycles. The first-order chi connectivity index (χ1) is 9.79. The summed E-state index contributed by atoms with van der Waals surface area (Å²) in [4.78, 5) is 23.5. The van der Waals surface area contributed by atoms with Gasteiger partial charge in [-0.1, -0.05) is 23.2 Å². The van der Waals surface area contributed by atoms with Crippen LogP contribution < -0.4 is 5.32 Å². The van der Waals surface area contributed by atoms with Crippen molar-refractivity contribution in [3.05, 3.63) is 46.9 Å². The molecule has 0 bridgehead atoms. The Balaban J connectivity index is 2.31. The number of hydrogen-bond acceptors (Lipinski definition) is 3. The highest BCUT2D eigenvalue weighted by Crippen LogP contribution is 2.35. The van der Waals surface area contributed by atoms with Gasteiger partial charge in [0.1, 0.15) is 0 Å². The third kappa shape index (κ3) is 3.78. The first-order valence-corrected chi connectivity index (χ1v) is 8.44. The molecule has 1 amide bonds. The van der Waals surface area contributed by atoms with E-state index in [1.54, 1.807) is 6.07 Å². The van der Waals surface area contributed by atoms with Crippen molar-refractivity contribution >= 4 is 84.0 Å². The summed E-state index contributed by atoms with van der Waals surface area (Å²) in [5.41, 5.74) is 0.124. The van der Waals surface area contributed by atoms with Crippen LogP contribution in [0.2, 0.25) is 10.0 Å². The molecule has 0 aliphatic heterocycles. The van der Waals surface area contributed by atoms with Crippen LogP contribution in [0.5, 0.6) is 0 Å². The molecule has 110 valence electrons. The van der Waals surface area contributed by atoms with Gasteiger partial charge in [0.05, 0.1) is 30.0 Å². The van der Waals surface area contributed by atoms with E-state index in [9.17, 15) is 9.59 Å².